The van der Waals surface area contributed by atoms with Crippen LogP contribution in [0.5, 0.6) is 11.5 Å². The summed E-state index contributed by atoms with van der Waals surface area (Å²) < 4.78 is 10.7. The molecule has 19 heavy (non-hydrogen) atoms. The van der Waals surface area contributed by atoms with Crippen LogP contribution >= 0.6 is 0 Å². The lowest BCUT2D eigenvalue weighted by Crippen LogP contribution is -2.35. The number of hydrogen-bond donors (Lipinski definition) is 2. The Morgan fingerprint density at radius 3 is 2.74 bits per heavy atom. The largest absolute Gasteiger partial charge is 0.454 e. The van der Waals surface area contributed by atoms with E-state index in [1.807, 2.05) is 19.2 Å². The molecule has 0 radical (unpaired) electrons. The third-order valence-electron chi connectivity index (χ3n) is 3.39. The van der Waals surface area contributed by atoms with E-state index in [1.54, 1.807) is 0 Å². The van der Waals surface area contributed by atoms with Gasteiger partial charge in [-0.05, 0) is 43.7 Å². The van der Waals surface area contributed by atoms with Crippen LogP contribution in [0.4, 0.5) is 0 Å². The van der Waals surface area contributed by atoms with Crippen LogP contribution < -0.4 is 15.2 Å². The van der Waals surface area contributed by atoms with E-state index in [1.165, 1.54) is 11.1 Å². The van der Waals surface area contributed by atoms with Gasteiger partial charge in [-0.3, -0.25) is 0 Å². The SMILES string of the molecule is Cc1cc2c(cc1CCN(C)CC(O)CN)OCO2. The molecule has 1 aromatic rings. The maximum atomic E-state index is 9.50. The molecule has 1 aliphatic heterocycles. The molecule has 2 rings (SSSR count). The second-order valence-electron chi connectivity index (χ2n) is 5.03. The zero-order valence-electron chi connectivity index (χ0n) is 11.6. The quantitative estimate of drug-likeness (QED) is 0.785. The standard InChI is InChI=1S/C14H22N2O3/c1-10-5-13-14(19-9-18-13)6-11(10)3-4-16(2)8-12(17)7-15/h5-6,12,17H,3-4,7-9,15H2,1-2H3. The third-order valence-corrected chi connectivity index (χ3v) is 3.39. The number of aryl methyl sites for hydroxylation is 1. The van der Waals surface area contributed by atoms with Crippen molar-refractivity contribution >= 4 is 0 Å². The Labute approximate surface area is 113 Å². The summed E-state index contributed by atoms with van der Waals surface area (Å²) in [5, 5.41) is 9.50. The Morgan fingerprint density at radius 2 is 2.05 bits per heavy atom. The lowest BCUT2D eigenvalue weighted by Gasteiger charge is -2.20. The van der Waals surface area contributed by atoms with Crippen molar-refractivity contribution in [1.29, 1.82) is 0 Å². The first-order chi connectivity index (χ1) is 9.10. The molecule has 1 aliphatic rings. The summed E-state index contributed by atoms with van der Waals surface area (Å²) in [6.45, 7) is 4.15. The average molecular weight is 266 g/mol. The van der Waals surface area contributed by atoms with Crippen molar-refractivity contribution in [3.8, 4) is 11.5 Å². The molecule has 1 aromatic carbocycles. The number of aliphatic hydroxyl groups is 1. The molecule has 0 saturated heterocycles. The number of aliphatic hydroxyl groups excluding tert-OH is 1. The smallest absolute Gasteiger partial charge is 0.231 e. The van der Waals surface area contributed by atoms with E-state index >= 15 is 0 Å². The first-order valence-electron chi connectivity index (χ1n) is 6.56. The number of hydrogen-bond acceptors (Lipinski definition) is 5. The van der Waals surface area contributed by atoms with Gasteiger partial charge in [0.05, 0.1) is 6.10 Å². The molecular formula is C14H22N2O3. The summed E-state index contributed by atoms with van der Waals surface area (Å²) in [6.07, 6.45) is 0.457. The van der Waals surface area contributed by atoms with Gasteiger partial charge in [0.25, 0.3) is 0 Å². The second-order valence-corrected chi connectivity index (χ2v) is 5.03. The monoisotopic (exact) mass is 266 g/mol. The Bertz CT molecular complexity index is 437. The normalized spacial score (nSPS) is 15.0. The molecule has 0 saturated carbocycles. The first kappa shape index (κ1) is 14.1. The zero-order valence-corrected chi connectivity index (χ0v) is 11.6. The number of rotatable bonds is 6. The van der Waals surface area contributed by atoms with Gasteiger partial charge in [0.2, 0.25) is 6.79 Å². The average Bonchev–Trinajstić information content (AvgIpc) is 2.82. The van der Waals surface area contributed by atoms with Gasteiger partial charge < -0.3 is 25.2 Å². The Balaban J connectivity index is 1.92. The molecule has 0 bridgehead atoms. The summed E-state index contributed by atoms with van der Waals surface area (Å²) >= 11 is 0. The van der Waals surface area contributed by atoms with Crippen molar-refractivity contribution < 1.29 is 14.6 Å². The molecule has 106 valence electrons. The van der Waals surface area contributed by atoms with Gasteiger partial charge in [-0.2, -0.15) is 0 Å². The Morgan fingerprint density at radius 1 is 1.37 bits per heavy atom. The van der Waals surface area contributed by atoms with Crippen molar-refractivity contribution in [2.24, 2.45) is 5.73 Å². The number of fused-ring (bicyclic) bond motifs is 1. The van der Waals surface area contributed by atoms with Crippen LogP contribution in [0.3, 0.4) is 0 Å². The molecule has 1 atom stereocenters. The van der Waals surface area contributed by atoms with Gasteiger partial charge in [0.15, 0.2) is 11.5 Å². The van der Waals surface area contributed by atoms with Crippen LogP contribution in [0.15, 0.2) is 12.1 Å². The highest BCUT2D eigenvalue weighted by Gasteiger charge is 2.16. The Hall–Kier alpha value is -1.30. The van der Waals surface area contributed by atoms with E-state index in [4.69, 9.17) is 15.2 Å². The lowest BCUT2D eigenvalue weighted by atomic mass is 10.0. The number of nitrogens with zero attached hydrogens (tertiary/aromatic N) is 1. The summed E-state index contributed by atoms with van der Waals surface area (Å²) in [5.41, 5.74) is 7.86. The van der Waals surface area contributed by atoms with E-state index in [0.717, 1.165) is 24.5 Å². The molecule has 0 amide bonds. The highest BCUT2D eigenvalue weighted by molar-refractivity contribution is 5.48. The fourth-order valence-electron chi connectivity index (χ4n) is 2.19. The predicted octanol–water partition coefficient (Wildman–Crippen LogP) is 0.518. The minimum atomic E-state index is -0.456. The highest BCUT2D eigenvalue weighted by atomic mass is 16.7. The van der Waals surface area contributed by atoms with Gasteiger partial charge in [-0.15, -0.1) is 0 Å². The van der Waals surface area contributed by atoms with Crippen LogP contribution in [-0.2, 0) is 6.42 Å². The van der Waals surface area contributed by atoms with Crippen LogP contribution in [0.2, 0.25) is 0 Å². The number of benzene rings is 1. The van der Waals surface area contributed by atoms with Gasteiger partial charge in [0, 0.05) is 19.6 Å². The summed E-state index contributed by atoms with van der Waals surface area (Å²) in [4.78, 5) is 2.08. The second kappa shape index (κ2) is 6.23. The molecule has 1 unspecified atom stereocenters. The minimum absolute atomic E-state index is 0.299. The van der Waals surface area contributed by atoms with Gasteiger partial charge >= 0.3 is 0 Å². The molecule has 0 spiro atoms. The maximum Gasteiger partial charge on any atom is 0.231 e. The van der Waals surface area contributed by atoms with Crippen molar-refractivity contribution in [1.82, 2.24) is 4.90 Å². The molecule has 0 aromatic heterocycles. The number of ether oxygens (including phenoxy) is 2. The van der Waals surface area contributed by atoms with E-state index in [-0.39, 0.29) is 0 Å². The van der Waals surface area contributed by atoms with E-state index < -0.39 is 6.10 Å². The molecule has 3 N–H and O–H groups in total. The van der Waals surface area contributed by atoms with Crippen LogP contribution in [0, 0.1) is 6.92 Å². The first-order valence-corrected chi connectivity index (χ1v) is 6.56. The fourth-order valence-corrected chi connectivity index (χ4v) is 2.19. The molecule has 0 fully saturated rings. The zero-order chi connectivity index (χ0) is 13.8. The van der Waals surface area contributed by atoms with Crippen molar-refractivity contribution in [3.63, 3.8) is 0 Å². The fraction of sp³-hybridized carbons (Fsp3) is 0.571. The van der Waals surface area contributed by atoms with E-state index in [9.17, 15) is 5.11 Å². The molecule has 0 aliphatic carbocycles. The van der Waals surface area contributed by atoms with Crippen molar-refractivity contribution in [2.75, 3.05) is 33.5 Å². The predicted molar refractivity (Wildman–Crippen MR) is 73.6 cm³/mol. The van der Waals surface area contributed by atoms with Crippen molar-refractivity contribution in [2.45, 2.75) is 19.4 Å². The minimum Gasteiger partial charge on any atom is -0.454 e. The molecule has 5 nitrogen and oxygen atoms in total. The van der Waals surface area contributed by atoms with Gasteiger partial charge in [-0.1, -0.05) is 0 Å². The van der Waals surface area contributed by atoms with E-state index in [2.05, 4.69) is 11.8 Å². The molecule has 1 heterocycles. The summed E-state index contributed by atoms with van der Waals surface area (Å²) in [5.74, 6) is 1.65. The highest BCUT2D eigenvalue weighted by Crippen LogP contribution is 2.34. The van der Waals surface area contributed by atoms with Crippen LogP contribution in [0.1, 0.15) is 11.1 Å². The summed E-state index contributed by atoms with van der Waals surface area (Å²) in [6, 6.07) is 4.07. The number of nitrogens with two attached hydrogens (primary N) is 1. The molecule has 5 heteroatoms. The molecular weight excluding hydrogens is 244 g/mol. The lowest BCUT2D eigenvalue weighted by molar-refractivity contribution is 0.133. The van der Waals surface area contributed by atoms with Crippen molar-refractivity contribution in [3.05, 3.63) is 23.3 Å². The third kappa shape index (κ3) is 3.59. The van der Waals surface area contributed by atoms with Crippen LogP contribution in [-0.4, -0.2) is 49.6 Å². The Kier molecular flexibility index (Phi) is 4.63. The summed E-state index contributed by atoms with van der Waals surface area (Å²) in [7, 11) is 1.99. The van der Waals surface area contributed by atoms with E-state index in [0.29, 0.717) is 19.9 Å². The van der Waals surface area contributed by atoms with Gasteiger partial charge in [-0.25, -0.2) is 0 Å². The maximum absolute atomic E-state index is 9.50. The van der Waals surface area contributed by atoms with Gasteiger partial charge in [0.1, 0.15) is 0 Å². The number of likely N-dealkylation sites (N-methyl/N-ethyl adjacent to an activating group) is 1. The topological polar surface area (TPSA) is 68.0 Å². The van der Waals surface area contributed by atoms with Crippen LogP contribution in [0.25, 0.3) is 0 Å².